The van der Waals surface area contributed by atoms with Gasteiger partial charge < -0.3 is 14.0 Å². The average molecular weight is 310 g/mol. The van der Waals surface area contributed by atoms with Crippen LogP contribution in [-0.4, -0.2) is 23.5 Å². The Kier molecular flexibility index (Phi) is 5.90. The molecular formula is C15H22N2O3S. The highest BCUT2D eigenvalue weighted by Crippen LogP contribution is 2.37. The second-order valence-corrected chi connectivity index (χ2v) is 7.27. The van der Waals surface area contributed by atoms with E-state index in [1.165, 1.54) is 7.11 Å². The van der Waals surface area contributed by atoms with Crippen molar-refractivity contribution < 1.29 is 14.0 Å². The van der Waals surface area contributed by atoms with Gasteiger partial charge in [0.25, 0.3) is 0 Å². The fourth-order valence-corrected chi connectivity index (χ4v) is 2.74. The van der Waals surface area contributed by atoms with Gasteiger partial charge in [-0.2, -0.15) is 10.4 Å². The molecule has 116 valence electrons. The molecule has 0 amide bonds. The Morgan fingerprint density at radius 2 is 1.90 bits per heavy atom. The molecule has 2 atom stereocenters. The molecule has 6 heteroatoms. The molecule has 1 aromatic rings. The number of ether oxygens (including phenoxy) is 2. The zero-order chi connectivity index (χ0) is 16.2. The average Bonchev–Trinajstić information content (AvgIpc) is 2.44. The Bertz CT molecular complexity index is 538. The van der Waals surface area contributed by atoms with Gasteiger partial charge >= 0.3 is 0 Å². The van der Waals surface area contributed by atoms with Crippen molar-refractivity contribution in [1.29, 1.82) is 5.26 Å². The molecule has 0 heterocycles. The molecule has 1 aromatic carbocycles. The van der Waals surface area contributed by atoms with Crippen LogP contribution in [0, 0.1) is 11.3 Å². The van der Waals surface area contributed by atoms with Crippen molar-refractivity contribution in [1.82, 2.24) is 0 Å². The first-order chi connectivity index (χ1) is 9.76. The maximum absolute atomic E-state index is 11.6. The summed E-state index contributed by atoms with van der Waals surface area (Å²) in [7, 11) is 3.09. The lowest BCUT2D eigenvalue weighted by molar-refractivity contribution is 0.385. The van der Waals surface area contributed by atoms with E-state index in [2.05, 4.69) is 6.07 Å². The van der Waals surface area contributed by atoms with E-state index in [1.54, 1.807) is 19.2 Å². The van der Waals surface area contributed by atoms with Crippen LogP contribution < -0.4 is 14.6 Å². The predicted octanol–water partition coefficient (Wildman–Crippen LogP) is 2.47. The Labute approximate surface area is 129 Å². The molecule has 21 heavy (non-hydrogen) atoms. The fraction of sp³-hybridized carbons (Fsp3) is 0.533. The highest BCUT2D eigenvalue weighted by molar-refractivity contribution is 7.90. The molecule has 0 bridgehead atoms. The minimum atomic E-state index is -1.42. The summed E-state index contributed by atoms with van der Waals surface area (Å²) in [5, 5.41) is 14.7. The summed E-state index contributed by atoms with van der Waals surface area (Å²) in [4.78, 5) is 0. The standard InChI is InChI=1S/C15H22N2O3S/c1-10(8-15(2,3)21(17)18)12-6-11(9-16)13(19-4)7-14(12)20-5/h6-7,10H,8,17H2,1-5H3/t10-,21?/m0/s1. The summed E-state index contributed by atoms with van der Waals surface area (Å²) >= 11 is -1.42. The van der Waals surface area contributed by atoms with Crippen molar-refractivity contribution >= 4 is 11.4 Å². The van der Waals surface area contributed by atoms with Gasteiger partial charge in [0.1, 0.15) is 22.3 Å². The summed E-state index contributed by atoms with van der Waals surface area (Å²) in [6, 6.07) is 5.58. The molecule has 1 rings (SSSR count). The Balaban J connectivity index is 3.20. The van der Waals surface area contributed by atoms with Crippen molar-refractivity contribution in [3.05, 3.63) is 23.3 Å². The maximum atomic E-state index is 11.6. The van der Waals surface area contributed by atoms with E-state index in [9.17, 15) is 9.81 Å². The molecule has 1 unspecified atom stereocenters. The highest BCUT2D eigenvalue weighted by Gasteiger charge is 2.33. The topological polar surface area (TPSA) is 91.3 Å². The van der Waals surface area contributed by atoms with Gasteiger partial charge in [-0.25, -0.2) is 0 Å². The normalized spacial score (nSPS) is 14.2. The number of methoxy groups -OCH3 is 2. The lowest BCUT2D eigenvalue weighted by Gasteiger charge is -2.28. The van der Waals surface area contributed by atoms with E-state index in [4.69, 9.17) is 14.6 Å². The number of nitrogens with zero attached hydrogens (tertiary/aromatic N) is 1. The molecule has 0 saturated heterocycles. The van der Waals surface area contributed by atoms with Crippen LogP contribution >= 0.6 is 0 Å². The minimum Gasteiger partial charge on any atom is -0.598 e. The van der Waals surface area contributed by atoms with Gasteiger partial charge in [-0.3, -0.25) is 0 Å². The molecule has 0 saturated carbocycles. The first-order valence-electron chi connectivity index (χ1n) is 6.59. The second-order valence-electron chi connectivity index (χ2n) is 5.57. The zero-order valence-electron chi connectivity index (χ0n) is 13.1. The SMILES string of the molecule is COc1cc(OC)c([C@@H](C)CC(C)(C)[S+](N)[O-])cc1C#N. The van der Waals surface area contributed by atoms with Crippen LogP contribution in [-0.2, 0) is 11.4 Å². The first kappa shape index (κ1) is 17.6. The fourth-order valence-electron chi connectivity index (χ4n) is 2.33. The van der Waals surface area contributed by atoms with Crippen molar-refractivity contribution in [2.24, 2.45) is 5.14 Å². The van der Waals surface area contributed by atoms with Crippen LogP contribution in [0.2, 0.25) is 0 Å². The molecule has 2 N–H and O–H groups in total. The van der Waals surface area contributed by atoms with Crippen LogP contribution in [0.3, 0.4) is 0 Å². The van der Waals surface area contributed by atoms with Crippen molar-refractivity contribution in [2.45, 2.75) is 37.9 Å². The smallest absolute Gasteiger partial charge is 0.140 e. The molecule has 0 fully saturated rings. The Morgan fingerprint density at radius 1 is 1.33 bits per heavy atom. The van der Waals surface area contributed by atoms with E-state index in [0.29, 0.717) is 23.5 Å². The summed E-state index contributed by atoms with van der Waals surface area (Å²) in [5.41, 5.74) is 1.33. The van der Waals surface area contributed by atoms with Gasteiger partial charge in [0.2, 0.25) is 0 Å². The zero-order valence-corrected chi connectivity index (χ0v) is 13.9. The van der Waals surface area contributed by atoms with Gasteiger partial charge in [0, 0.05) is 23.8 Å². The van der Waals surface area contributed by atoms with E-state index < -0.39 is 16.1 Å². The number of benzene rings is 1. The lowest BCUT2D eigenvalue weighted by Crippen LogP contribution is -2.38. The molecule has 0 radical (unpaired) electrons. The van der Waals surface area contributed by atoms with Crippen molar-refractivity contribution in [2.75, 3.05) is 14.2 Å². The highest BCUT2D eigenvalue weighted by atomic mass is 32.2. The van der Waals surface area contributed by atoms with Crippen LogP contribution in [0.1, 0.15) is 44.2 Å². The minimum absolute atomic E-state index is 0.0421. The molecule has 0 aliphatic rings. The molecule has 0 aromatic heterocycles. The predicted molar refractivity (Wildman–Crippen MR) is 83.7 cm³/mol. The largest absolute Gasteiger partial charge is 0.598 e. The van der Waals surface area contributed by atoms with Gasteiger partial charge in [-0.15, -0.1) is 0 Å². The Morgan fingerprint density at radius 3 is 2.33 bits per heavy atom. The number of rotatable bonds is 6. The van der Waals surface area contributed by atoms with Crippen molar-refractivity contribution in [3.8, 4) is 17.6 Å². The molecule has 0 spiro atoms. The van der Waals surface area contributed by atoms with Gasteiger partial charge in [0.15, 0.2) is 0 Å². The third kappa shape index (κ3) is 4.03. The quantitative estimate of drug-likeness (QED) is 0.815. The first-order valence-corrected chi connectivity index (χ1v) is 7.80. The van der Waals surface area contributed by atoms with E-state index in [-0.39, 0.29) is 5.92 Å². The molecule has 0 aliphatic carbocycles. The lowest BCUT2D eigenvalue weighted by atomic mass is 9.89. The molecule has 5 nitrogen and oxygen atoms in total. The third-order valence-corrected chi connectivity index (χ3v) is 4.80. The Hall–Kier alpha value is -1.42. The summed E-state index contributed by atoms with van der Waals surface area (Å²) in [5.74, 6) is 1.17. The number of hydrogen-bond acceptors (Lipinski definition) is 5. The summed E-state index contributed by atoms with van der Waals surface area (Å²) in [6.45, 7) is 5.72. The van der Waals surface area contributed by atoms with E-state index in [1.807, 2.05) is 20.8 Å². The summed E-state index contributed by atoms with van der Waals surface area (Å²) in [6.07, 6.45) is 0.615. The maximum Gasteiger partial charge on any atom is 0.140 e. The molecule has 0 aliphatic heterocycles. The number of hydrogen-bond donors (Lipinski definition) is 1. The van der Waals surface area contributed by atoms with E-state index >= 15 is 0 Å². The second kappa shape index (κ2) is 7.03. The van der Waals surface area contributed by atoms with Gasteiger partial charge in [-0.1, -0.05) is 6.92 Å². The van der Waals surface area contributed by atoms with Crippen molar-refractivity contribution in [3.63, 3.8) is 0 Å². The van der Waals surface area contributed by atoms with Gasteiger partial charge in [-0.05, 0) is 31.4 Å². The van der Waals surface area contributed by atoms with Crippen LogP contribution in [0.5, 0.6) is 11.5 Å². The number of nitrogens with two attached hydrogens (primary N) is 1. The van der Waals surface area contributed by atoms with Crippen LogP contribution in [0.25, 0.3) is 0 Å². The monoisotopic (exact) mass is 310 g/mol. The van der Waals surface area contributed by atoms with Crippen LogP contribution in [0.4, 0.5) is 0 Å². The third-order valence-electron chi connectivity index (χ3n) is 3.55. The summed E-state index contributed by atoms with van der Waals surface area (Å²) < 4.78 is 21.6. The van der Waals surface area contributed by atoms with Crippen LogP contribution in [0.15, 0.2) is 12.1 Å². The van der Waals surface area contributed by atoms with E-state index in [0.717, 1.165) is 5.56 Å². The number of nitriles is 1. The molecular weight excluding hydrogens is 288 g/mol. The van der Waals surface area contributed by atoms with Gasteiger partial charge in [0.05, 0.1) is 19.8 Å².